The first kappa shape index (κ1) is 15.8. The molecule has 0 amide bonds. The SMILES string of the molecule is CN(Cc1cccc(Cl)c1)S(=O)(=O)C=Cc1ccccc1. The highest BCUT2D eigenvalue weighted by molar-refractivity contribution is 7.92. The van der Waals surface area contributed by atoms with Gasteiger partial charge in [-0.3, -0.25) is 0 Å². The summed E-state index contributed by atoms with van der Waals surface area (Å²) in [5.41, 5.74) is 1.69. The van der Waals surface area contributed by atoms with Crippen LogP contribution in [0.3, 0.4) is 0 Å². The molecule has 2 rings (SSSR count). The van der Waals surface area contributed by atoms with Crippen molar-refractivity contribution >= 4 is 27.7 Å². The fraction of sp³-hybridized carbons (Fsp3) is 0.125. The molecule has 0 fully saturated rings. The van der Waals surface area contributed by atoms with E-state index >= 15 is 0 Å². The van der Waals surface area contributed by atoms with Gasteiger partial charge < -0.3 is 0 Å². The lowest BCUT2D eigenvalue weighted by molar-refractivity contribution is 0.475. The Morgan fingerprint density at radius 3 is 2.48 bits per heavy atom. The van der Waals surface area contributed by atoms with Gasteiger partial charge >= 0.3 is 0 Å². The van der Waals surface area contributed by atoms with Gasteiger partial charge in [0.2, 0.25) is 10.0 Å². The number of sulfonamides is 1. The minimum Gasteiger partial charge on any atom is -0.208 e. The number of benzene rings is 2. The monoisotopic (exact) mass is 321 g/mol. The van der Waals surface area contributed by atoms with E-state index in [1.807, 2.05) is 36.4 Å². The van der Waals surface area contributed by atoms with E-state index in [-0.39, 0.29) is 6.54 Å². The highest BCUT2D eigenvalue weighted by atomic mass is 35.5. The molecule has 0 spiro atoms. The van der Waals surface area contributed by atoms with Gasteiger partial charge in [-0.2, -0.15) is 4.31 Å². The molecule has 0 atom stereocenters. The largest absolute Gasteiger partial charge is 0.236 e. The van der Waals surface area contributed by atoms with Gasteiger partial charge in [0, 0.05) is 24.0 Å². The van der Waals surface area contributed by atoms with Crippen molar-refractivity contribution in [3.63, 3.8) is 0 Å². The predicted octanol–water partition coefficient (Wildman–Crippen LogP) is 3.77. The smallest absolute Gasteiger partial charge is 0.208 e. The maximum atomic E-state index is 12.2. The average molecular weight is 322 g/mol. The summed E-state index contributed by atoms with van der Waals surface area (Å²) in [6.45, 7) is 0.280. The summed E-state index contributed by atoms with van der Waals surface area (Å²) in [7, 11) is -1.91. The fourth-order valence-corrected chi connectivity index (χ4v) is 2.89. The fourth-order valence-electron chi connectivity index (χ4n) is 1.81. The van der Waals surface area contributed by atoms with Crippen molar-refractivity contribution in [2.24, 2.45) is 0 Å². The topological polar surface area (TPSA) is 37.4 Å². The van der Waals surface area contributed by atoms with Crippen LogP contribution in [0.4, 0.5) is 0 Å². The van der Waals surface area contributed by atoms with E-state index in [1.165, 1.54) is 9.71 Å². The van der Waals surface area contributed by atoms with E-state index in [9.17, 15) is 8.42 Å². The maximum absolute atomic E-state index is 12.2. The third-order valence-corrected chi connectivity index (χ3v) is 4.67. The molecule has 0 aromatic heterocycles. The van der Waals surface area contributed by atoms with Gasteiger partial charge in [0.15, 0.2) is 0 Å². The lowest BCUT2D eigenvalue weighted by Crippen LogP contribution is -2.24. The van der Waals surface area contributed by atoms with Crippen LogP contribution < -0.4 is 0 Å². The Kier molecular flexibility index (Phi) is 5.17. The normalized spacial score (nSPS) is 12.1. The minimum atomic E-state index is -3.46. The van der Waals surface area contributed by atoms with Crippen LogP contribution in [0.15, 0.2) is 60.0 Å². The summed E-state index contributed by atoms with van der Waals surface area (Å²) in [5, 5.41) is 1.81. The van der Waals surface area contributed by atoms with Crippen molar-refractivity contribution in [1.82, 2.24) is 4.31 Å². The van der Waals surface area contributed by atoms with Crippen LogP contribution in [-0.2, 0) is 16.6 Å². The van der Waals surface area contributed by atoms with E-state index in [1.54, 1.807) is 31.3 Å². The highest BCUT2D eigenvalue weighted by Gasteiger charge is 2.14. The Labute approximate surface area is 130 Å². The number of hydrogen-bond acceptors (Lipinski definition) is 2. The van der Waals surface area contributed by atoms with E-state index in [2.05, 4.69) is 0 Å². The second kappa shape index (κ2) is 6.89. The minimum absolute atomic E-state index is 0.280. The standard InChI is InChI=1S/C16H16ClNO2S/c1-18(13-15-8-5-9-16(17)12-15)21(19,20)11-10-14-6-3-2-4-7-14/h2-12H,13H2,1H3. The number of nitrogens with zero attached hydrogens (tertiary/aromatic N) is 1. The Bertz CT molecular complexity index is 727. The lowest BCUT2D eigenvalue weighted by atomic mass is 10.2. The van der Waals surface area contributed by atoms with Crippen molar-refractivity contribution in [2.45, 2.75) is 6.54 Å². The first-order valence-corrected chi connectivity index (χ1v) is 8.29. The number of hydrogen-bond donors (Lipinski definition) is 0. The van der Waals surface area contributed by atoms with Crippen molar-refractivity contribution in [2.75, 3.05) is 7.05 Å². The molecule has 0 aliphatic heterocycles. The van der Waals surface area contributed by atoms with Crippen molar-refractivity contribution in [3.8, 4) is 0 Å². The maximum Gasteiger partial charge on any atom is 0.236 e. The molecule has 0 heterocycles. The zero-order chi connectivity index (χ0) is 15.3. The van der Waals surface area contributed by atoms with Crippen LogP contribution in [0.5, 0.6) is 0 Å². The van der Waals surface area contributed by atoms with Gasteiger partial charge in [-0.25, -0.2) is 8.42 Å². The Balaban J connectivity index is 2.10. The molecule has 2 aromatic carbocycles. The molecule has 110 valence electrons. The Hall–Kier alpha value is -1.62. The molecular formula is C16H16ClNO2S. The highest BCUT2D eigenvalue weighted by Crippen LogP contribution is 2.14. The zero-order valence-corrected chi connectivity index (χ0v) is 13.2. The van der Waals surface area contributed by atoms with Crippen LogP contribution in [0, 0.1) is 0 Å². The number of rotatable bonds is 5. The quantitative estimate of drug-likeness (QED) is 0.840. The first-order chi connectivity index (χ1) is 9.97. The van der Waals surface area contributed by atoms with Gasteiger partial charge in [0.05, 0.1) is 0 Å². The van der Waals surface area contributed by atoms with Crippen LogP contribution in [0.1, 0.15) is 11.1 Å². The molecule has 0 aliphatic carbocycles. The molecule has 0 saturated heterocycles. The van der Waals surface area contributed by atoms with Crippen LogP contribution >= 0.6 is 11.6 Å². The molecule has 2 aromatic rings. The average Bonchev–Trinajstić information content (AvgIpc) is 2.46. The van der Waals surface area contributed by atoms with E-state index in [4.69, 9.17) is 11.6 Å². The van der Waals surface area contributed by atoms with E-state index in [0.29, 0.717) is 5.02 Å². The summed E-state index contributed by atoms with van der Waals surface area (Å²) in [6, 6.07) is 16.5. The summed E-state index contributed by atoms with van der Waals surface area (Å²) in [5.74, 6) is 0. The van der Waals surface area contributed by atoms with Crippen LogP contribution in [0.25, 0.3) is 6.08 Å². The van der Waals surface area contributed by atoms with Crippen LogP contribution in [0.2, 0.25) is 5.02 Å². The Morgan fingerprint density at radius 2 is 1.81 bits per heavy atom. The third-order valence-electron chi connectivity index (χ3n) is 2.96. The summed E-state index contributed by atoms with van der Waals surface area (Å²) >= 11 is 5.90. The van der Waals surface area contributed by atoms with E-state index in [0.717, 1.165) is 11.1 Å². The van der Waals surface area contributed by atoms with Crippen LogP contribution in [-0.4, -0.2) is 19.8 Å². The third kappa shape index (κ3) is 4.70. The second-order valence-electron chi connectivity index (χ2n) is 4.64. The molecule has 0 unspecified atom stereocenters. The van der Waals surface area contributed by atoms with Gasteiger partial charge in [0.25, 0.3) is 0 Å². The molecule has 5 heteroatoms. The molecular weight excluding hydrogens is 306 g/mol. The first-order valence-electron chi connectivity index (χ1n) is 6.41. The van der Waals surface area contributed by atoms with Gasteiger partial charge in [0.1, 0.15) is 0 Å². The van der Waals surface area contributed by atoms with Crippen molar-refractivity contribution in [1.29, 1.82) is 0 Å². The second-order valence-corrected chi connectivity index (χ2v) is 7.01. The molecule has 0 N–H and O–H groups in total. The van der Waals surface area contributed by atoms with Crippen molar-refractivity contribution < 1.29 is 8.42 Å². The summed E-state index contributed by atoms with van der Waals surface area (Å²) in [4.78, 5) is 0. The molecule has 0 radical (unpaired) electrons. The Morgan fingerprint density at radius 1 is 1.10 bits per heavy atom. The molecule has 0 aliphatic rings. The van der Waals surface area contributed by atoms with Gasteiger partial charge in [-0.1, -0.05) is 54.1 Å². The lowest BCUT2D eigenvalue weighted by Gasteiger charge is -2.14. The molecule has 21 heavy (non-hydrogen) atoms. The zero-order valence-electron chi connectivity index (χ0n) is 11.6. The van der Waals surface area contributed by atoms with Gasteiger partial charge in [-0.05, 0) is 29.3 Å². The summed E-state index contributed by atoms with van der Waals surface area (Å²) in [6.07, 6.45) is 1.59. The molecule has 0 saturated carbocycles. The van der Waals surface area contributed by atoms with Crippen molar-refractivity contribution in [3.05, 3.63) is 76.2 Å². The summed E-state index contributed by atoms with van der Waals surface area (Å²) < 4.78 is 25.7. The number of halogens is 1. The predicted molar refractivity (Wildman–Crippen MR) is 87.3 cm³/mol. The molecule has 0 bridgehead atoms. The molecule has 3 nitrogen and oxygen atoms in total. The van der Waals surface area contributed by atoms with Gasteiger partial charge in [-0.15, -0.1) is 0 Å². The van der Waals surface area contributed by atoms with E-state index < -0.39 is 10.0 Å².